The SMILES string of the molecule is CCCN1/C(=C/C=C2\CCCC(CCC3=[N+](CCC)c4ccccc4C3(C)C)=C2N(CCCN(C)C)C(C)=O)C(C)(C)c2ccccc21. The fourth-order valence-electron chi connectivity index (χ4n) is 8.55. The van der Waals surface area contributed by atoms with E-state index in [9.17, 15) is 4.79 Å². The highest BCUT2D eigenvalue weighted by Gasteiger charge is 2.45. The first-order valence-electron chi connectivity index (χ1n) is 18.6. The van der Waals surface area contributed by atoms with Crippen LogP contribution in [0.15, 0.2) is 83.2 Å². The van der Waals surface area contributed by atoms with Crippen LogP contribution in [0.3, 0.4) is 0 Å². The topological polar surface area (TPSA) is 29.8 Å². The second-order valence-electron chi connectivity index (χ2n) is 15.4. The van der Waals surface area contributed by atoms with Crippen molar-refractivity contribution in [1.82, 2.24) is 9.80 Å². The van der Waals surface area contributed by atoms with Crippen molar-refractivity contribution in [1.29, 1.82) is 0 Å². The summed E-state index contributed by atoms with van der Waals surface area (Å²) in [6, 6.07) is 17.9. The zero-order valence-electron chi connectivity index (χ0n) is 31.5. The van der Waals surface area contributed by atoms with Crippen molar-refractivity contribution in [3.8, 4) is 0 Å². The average Bonchev–Trinajstić information content (AvgIpc) is 3.40. The fourth-order valence-corrected chi connectivity index (χ4v) is 8.55. The van der Waals surface area contributed by atoms with Crippen LogP contribution in [0, 0.1) is 0 Å². The van der Waals surface area contributed by atoms with E-state index in [4.69, 9.17) is 0 Å². The molecule has 258 valence electrons. The molecule has 1 aliphatic carbocycles. The minimum absolute atomic E-state index is 0.0119. The summed E-state index contributed by atoms with van der Waals surface area (Å²) in [5.41, 5.74) is 12.3. The Labute approximate surface area is 291 Å². The summed E-state index contributed by atoms with van der Waals surface area (Å²) in [5, 5.41) is 0. The van der Waals surface area contributed by atoms with Gasteiger partial charge in [-0.1, -0.05) is 70.2 Å². The molecule has 0 unspecified atom stereocenters. The Morgan fingerprint density at radius 2 is 1.58 bits per heavy atom. The minimum Gasteiger partial charge on any atom is -0.344 e. The van der Waals surface area contributed by atoms with Crippen molar-refractivity contribution in [3.63, 3.8) is 0 Å². The Kier molecular flexibility index (Phi) is 11.2. The highest BCUT2D eigenvalue weighted by molar-refractivity contribution is 5.95. The molecule has 2 aromatic rings. The van der Waals surface area contributed by atoms with Crippen molar-refractivity contribution >= 4 is 23.0 Å². The molecule has 0 saturated carbocycles. The lowest BCUT2D eigenvalue weighted by Gasteiger charge is -2.33. The monoisotopic (exact) mass is 649 g/mol. The molecule has 2 aliphatic heterocycles. The standard InChI is InChI=1S/C43H61N4O/c1-10-28-46-37-22-14-12-20-35(37)42(4,5)39(46)26-24-33-18-16-19-34(41(33)45(32(3)48)31-17-30-44(8)9)25-27-40-43(6,7)36-21-13-15-23-38(36)47(40)29-11-2/h12-15,20-24,26H,10-11,16-19,25,27-31H2,1-9H3/q+1/b33-24+,39-26+. The van der Waals surface area contributed by atoms with Gasteiger partial charge in [0.05, 0.1) is 5.41 Å². The van der Waals surface area contributed by atoms with Crippen LogP contribution in [0.1, 0.15) is 111 Å². The summed E-state index contributed by atoms with van der Waals surface area (Å²) in [5.74, 6) is 0.150. The van der Waals surface area contributed by atoms with Gasteiger partial charge in [0.1, 0.15) is 6.54 Å². The minimum atomic E-state index is -0.0847. The highest BCUT2D eigenvalue weighted by Crippen LogP contribution is 2.48. The second-order valence-corrected chi connectivity index (χ2v) is 15.4. The van der Waals surface area contributed by atoms with Gasteiger partial charge in [-0.2, -0.15) is 4.58 Å². The van der Waals surface area contributed by atoms with E-state index in [1.165, 1.54) is 50.8 Å². The number of hydrogen-bond donors (Lipinski definition) is 0. The molecule has 5 rings (SSSR count). The molecule has 3 aliphatic rings. The van der Waals surface area contributed by atoms with E-state index in [1.807, 2.05) is 0 Å². The molecule has 0 atom stereocenters. The predicted octanol–water partition coefficient (Wildman–Crippen LogP) is 9.51. The van der Waals surface area contributed by atoms with Gasteiger partial charge in [-0.15, -0.1) is 0 Å². The van der Waals surface area contributed by atoms with Crippen molar-refractivity contribution in [3.05, 3.63) is 94.4 Å². The molecule has 0 bridgehead atoms. The zero-order chi connectivity index (χ0) is 34.6. The lowest BCUT2D eigenvalue weighted by atomic mass is 9.78. The van der Waals surface area contributed by atoms with Crippen LogP contribution < -0.4 is 4.90 Å². The van der Waals surface area contributed by atoms with E-state index in [2.05, 4.69) is 136 Å². The third-order valence-electron chi connectivity index (χ3n) is 10.9. The Hall–Kier alpha value is -3.44. The van der Waals surface area contributed by atoms with Crippen LogP contribution in [0.4, 0.5) is 11.4 Å². The largest absolute Gasteiger partial charge is 0.344 e. The van der Waals surface area contributed by atoms with Crippen LogP contribution in [-0.4, -0.2) is 66.3 Å². The Balaban J connectivity index is 1.58. The van der Waals surface area contributed by atoms with E-state index in [0.29, 0.717) is 0 Å². The smallest absolute Gasteiger partial charge is 0.223 e. The quantitative estimate of drug-likeness (QED) is 0.203. The van der Waals surface area contributed by atoms with Gasteiger partial charge < -0.3 is 14.7 Å². The molecule has 1 amide bonds. The van der Waals surface area contributed by atoms with Crippen molar-refractivity contribution in [2.24, 2.45) is 0 Å². The van der Waals surface area contributed by atoms with Gasteiger partial charge in [0.25, 0.3) is 0 Å². The van der Waals surface area contributed by atoms with Crippen molar-refractivity contribution < 1.29 is 9.37 Å². The number of carbonyl (C=O) groups is 1. The molecule has 0 spiro atoms. The summed E-state index contributed by atoms with van der Waals surface area (Å²) in [6.07, 6.45) is 13.1. The molecular weight excluding hydrogens is 589 g/mol. The summed E-state index contributed by atoms with van der Waals surface area (Å²) < 4.78 is 2.60. The molecule has 0 saturated heterocycles. The van der Waals surface area contributed by atoms with Gasteiger partial charge in [-0.3, -0.25) is 4.79 Å². The maximum absolute atomic E-state index is 13.5. The first-order valence-corrected chi connectivity index (χ1v) is 18.6. The van der Waals surface area contributed by atoms with Crippen molar-refractivity contribution in [2.45, 2.75) is 111 Å². The number of nitrogens with zero attached hydrogens (tertiary/aromatic N) is 4. The average molecular weight is 650 g/mol. The van der Waals surface area contributed by atoms with Crippen LogP contribution in [0.5, 0.6) is 0 Å². The van der Waals surface area contributed by atoms with Crippen LogP contribution in [-0.2, 0) is 15.6 Å². The molecule has 5 nitrogen and oxygen atoms in total. The van der Waals surface area contributed by atoms with E-state index < -0.39 is 0 Å². The van der Waals surface area contributed by atoms with Crippen molar-refractivity contribution in [2.75, 3.05) is 45.2 Å². The van der Waals surface area contributed by atoms with Gasteiger partial charge in [0.15, 0.2) is 5.71 Å². The second kappa shape index (κ2) is 15.0. The first kappa shape index (κ1) is 35.9. The van der Waals surface area contributed by atoms with Gasteiger partial charge >= 0.3 is 0 Å². The summed E-state index contributed by atoms with van der Waals surface area (Å²) in [4.78, 5) is 20.4. The summed E-state index contributed by atoms with van der Waals surface area (Å²) in [7, 11) is 4.23. The third kappa shape index (κ3) is 6.99. The number of anilines is 1. The van der Waals surface area contributed by atoms with Gasteiger partial charge in [-0.05, 0) is 102 Å². The molecule has 5 heteroatoms. The Bertz CT molecular complexity index is 1620. The van der Waals surface area contributed by atoms with Gasteiger partial charge in [-0.25, -0.2) is 0 Å². The Morgan fingerprint density at radius 1 is 0.875 bits per heavy atom. The van der Waals surface area contributed by atoms with Gasteiger partial charge in [0, 0.05) is 67.0 Å². The molecule has 2 aromatic carbocycles. The number of fused-ring (bicyclic) bond motifs is 2. The number of benzene rings is 2. The summed E-state index contributed by atoms with van der Waals surface area (Å²) >= 11 is 0. The number of allylic oxidation sites excluding steroid dienone is 5. The molecule has 0 radical (unpaired) electrons. The third-order valence-corrected chi connectivity index (χ3v) is 10.9. The van der Waals surface area contributed by atoms with Crippen LogP contribution in [0.2, 0.25) is 0 Å². The maximum Gasteiger partial charge on any atom is 0.223 e. The molecule has 48 heavy (non-hydrogen) atoms. The first-order chi connectivity index (χ1) is 22.9. The van der Waals surface area contributed by atoms with E-state index in [0.717, 1.165) is 77.5 Å². The molecule has 0 N–H and O–H groups in total. The Morgan fingerprint density at radius 3 is 2.27 bits per heavy atom. The lowest BCUT2D eigenvalue weighted by Crippen LogP contribution is -2.34. The number of rotatable bonds is 13. The van der Waals surface area contributed by atoms with Gasteiger partial charge in [0.2, 0.25) is 11.6 Å². The van der Waals surface area contributed by atoms with E-state index in [1.54, 1.807) is 6.92 Å². The lowest BCUT2D eigenvalue weighted by molar-refractivity contribution is -0.439. The number of hydrogen-bond acceptors (Lipinski definition) is 3. The molecule has 0 aromatic heterocycles. The highest BCUT2D eigenvalue weighted by atomic mass is 16.2. The number of para-hydroxylation sites is 2. The molecule has 0 fully saturated rings. The predicted molar refractivity (Wildman–Crippen MR) is 203 cm³/mol. The molecule has 2 heterocycles. The number of carbonyl (C=O) groups excluding carboxylic acids is 1. The molecular formula is C43H61N4O+. The summed E-state index contributed by atoms with van der Waals surface area (Å²) in [6.45, 7) is 19.6. The van der Waals surface area contributed by atoms with E-state index >= 15 is 0 Å². The fraction of sp³-hybridized carbons (Fsp3) is 0.535. The normalized spacial score (nSPS) is 19.9. The number of amides is 1. The zero-order valence-corrected chi connectivity index (χ0v) is 31.5. The maximum atomic E-state index is 13.5. The van der Waals surface area contributed by atoms with E-state index in [-0.39, 0.29) is 16.7 Å². The van der Waals surface area contributed by atoms with Crippen LogP contribution in [0.25, 0.3) is 0 Å². The van der Waals surface area contributed by atoms with Crippen LogP contribution >= 0.6 is 0 Å².